The number of aliphatic hydroxyl groups excluding tert-OH is 1. The Balaban J connectivity index is 2.63. The number of rotatable bonds is 1. The third-order valence-corrected chi connectivity index (χ3v) is 2.25. The monoisotopic (exact) mass is 226 g/mol. The third-order valence-electron chi connectivity index (χ3n) is 2.25. The number of ether oxygens (including phenoxy) is 2. The molecule has 0 amide bonds. The van der Waals surface area contributed by atoms with Crippen molar-refractivity contribution in [3.8, 4) is 5.75 Å². The molecular weight excluding hydrogens is 215 g/mol. The number of carbonyl (C=O) groups excluding carboxylic acids is 1. The van der Waals surface area contributed by atoms with Crippen LogP contribution in [0.3, 0.4) is 0 Å². The molecule has 0 fully saturated rings. The highest BCUT2D eigenvalue weighted by Crippen LogP contribution is 2.35. The van der Waals surface area contributed by atoms with E-state index in [0.717, 1.165) is 6.07 Å². The average Bonchev–Trinajstić information content (AvgIpc) is 2.15. The van der Waals surface area contributed by atoms with Crippen molar-refractivity contribution in [3.05, 3.63) is 29.1 Å². The van der Waals surface area contributed by atoms with Crippen molar-refractivity contribution in [3.63, 3.8) is 0 Å². The van der Waals surface area contributed by atoms with E-state index in [1.54, 1.807) is 13.8 Å². The zero-order valence-electron chi connectivity index (χ0n) is 8.91. The number of carbonyl (C=O) groups is 1. The van der Waals surface area contributed by atoms with Gasteiger partial charge in [0.1, 0.15) is 17.1 Å². The molecule has 16 heavy (non-hydrogen) atoms. The summed E-state index contributed by atoms with van der Waals surface area (Å²) in [4.78, 5) is 11.6. The molecule has 0 unspecified atom stereocenters. The van der Waals surface area contributed by atoms with Gasteiger partial charge < -0.3 is 14.6 Å². The fourth-order valence-corrected chi connectivity index (χ4v) is 1.57. The van der Waals surface area contributed by atoms with Gasteiger partial charge >= 0.3 is 5.97 Å². The molecule has 0 saturated heterocycles. The number of hydrogen-bond donors (Lipinski definition) is 1. The molecule has 4 nitrogen and oxygen atoms in total. The largest absolute Gasteiger partial charge is 0.451 e. The molecule has 1 heterocycles. The first kappa shape index (κ1) is 10.9. The quantitative estimate of drug-likeness (QED) is 0.739. The molecule has 1 aromatic carbocycles. The Bertz CT molecular complexity index is 454. The molecule has 5 heteroatoms. The Morgan fingerprint density at radius 2 is 2.06 bits per heavy atom. The van der Waals surface area contributed by atoms with E-state index >= 15 is 0 Å². The summed E-state index contributed by atoms with van der Waals surface area (Å²) in [6, 6.07) is 2.48. The first-order valence-corrected chi connectivity index (χ1v) is 4.79. The summed E-state index contributed by atoms with van der Waals surface area (Å²) in [6.45, 7) is 2.76. The van der Waals surface area contributed by atoms with E-state index in [4.69, 9.17) is 14.6 Å². The Kier molecular flexibility index (Phi) is 2.35. The van der Waals surface area contributed by atoms with Crippen LogP contribution in [0.4, 0.5) is 4.39 Å². The maximum atomic E-state index is 13.4. The van der Waals surface area contributed by atoms with E-state index < -0.39 is 17.6 Å². The van der Waals surface area contributed by atoms with Crippen molar-refractivity contribution in [2.24, 2.45) is 0 Å². The molecule has 1 N–H and O–H groups in total. The lowest BCUT2D eigenvalue weighted by Gasteiger charge is -2.32. The van der Waals surface area contributed by atoms with Crippen molar-refractivity contribution in [2.45, 2.75) is 26.2 Å². The second-order valence-corrected chi connectivity index (χ2v) is 3.96. The molecule has 0 aromatic heterocycles. The van der Waals surface area contributed by atoms with Crippen molar-refractivity contribution >= 4 is 5.97 Å². The molecule has 1 aromatic rings. The van der Waals surface area contributed by atoms with Crippen molar-refractivity contribution < 1.29 is 23.8 Å². The van der Waals surface area contributed by atoms with E-state index in [1.165, 1.54) is 6.07 Å². The topological polar surface area (TPSA) is 55.8 Å². The summed E-state index contributed by atoms with van der Waals surface area (Å²) in [7, 11) is 0. The van der Waals surface area contributed by atoms with Gasteiger partial charge in [0.05, 0.1) is 6.61 Å². The van der Waals surface area contributed by atoms with E-state index in [9.17, 15) is 9.18 Å². The maximum Gasteiger partial charge on any atom is 0.348 e. The lowest BCUT2D eigenvalue weighted by atomic mass is 10.1. The van der Waals surface area contributed by atoms with Crippen LogP contribution in [0.2, 0.25) is 0 Å². The van der Waals surface area contributed by atoms with Gasteiger partial charge in [0, 0.05) is 19.4 Å². The molecule has 0 bridgehead atoms. The lowest BCUT2D eigenvalue weighted by molar-refractivity contribution is -0.128. The molecule has 86 valence electrons. The summed E-state index contributed by atoms with van der Waals surface area (Å²) in [5.41, 5.74) is 0.104. The number of hydrogen-bond acceptors (Lipinski definition) is 4. The molecule has 0 spiro atoms. The highest BCUT2D eigenvalue weighted by molar-refractivity contribution is 5.94. The number of halogens is 1. The lowest BCUT2D eigenvalue weighted by Crippen LogP contribution is -2.39. The van der Waals surface area contributed by atoms with Crippen LogP contribution in [-0.4, -0.2) is 16.9 Å². The minimum atomic E-state index is -1.15. The molecule has 0 atom stereocenters. The van der Waals surface area contributed by atoms with E-state index in [0.29, 0.717) is 5.56 Å². The minimum absolute atomic E-state index is 0.0590. The van der Waals surface area contributed by atoms with Gasteiger partial charge in [-0.05, 0) is 6.07 Å². The molecule has 1 aliphatic rings. The third kappa shape index (κ3) is 1.63. The van der Waals surface area contributed by atoms with Crippen LogP contribution in [0.25, 0.3) is 0 Å². The fraction of sp³-hybridized carbons (Fsp3) is 0.364. The Morgan fingerprint density at radius 3 is 2.69 bits per heavy atom. The normalized spacial score (nSPS) is 17.4. The van der Waals surface area contributed by atoms with Crippen LogP contribution < -0.4 is 4.74 Å². The van der Waals surface area contributed by atoms with Gasteiger partial charge in [0.25, 0.3) is 0 Å². The summed E-state index contributed by atoms with van der Waals surface area (Å²) in [6.07, 6.45) is 0. The van der Waals surface area contributed by atoms with Crippen molar-refractivity contribution in [2.75, 3.05) is 0 Å². The summed E-state index contributed by atoms with van der Waals surface area (Å²) in [5.74, 6) is -2.59. The van der Waals surface area contributed by atoms with Crippen LogP contribution in [0.5, 0.6) is 5.75 Å². The second kappa shape index (κ2) is 3.45. The minimum Gasteiger partial charge on any atom is -0.451 e. The number of aliphatic hydroxyl groups is 1. The van der Waals surface area contributed by atoms with Gasteiger partial charge in [-0.3, -0.25) is 0 Å². The number of cyclic esters (lactones) is 1. The molecule has 1 aliphatic heterocycles. The predicted molar refractivity (Wildman–Crippen MR) is 52.4 cm³/mol. The van der Waals surface area contributed by atoms with Crippen LogP contribution in [-0.2, 0) is 11.3 Å². The van der Waals surface area contributed by atoms with Crippen LogP contribution in [0.1, 0.15) is 29.8 Å². The number of fused-ring (bicyclic) bond motifs is 1. The van der Waals surface area contributed by atoms with Gasteiger partial charge in [-0.15, -0.1) is 0 Å². The standard InChI is InChI=1S/C11H11FO4/c1-11(2)15-9-6(5-13)3-4-7(12)8(9)10(14)16-11/h3-4,13H,5H2,1-2H3. The molecule has 0 radical (unpaired) electrons. The molecule has 2 rings (SSSR count). The van der Waals surface area contributed by atoms with Crippen LogP contribution in [0.15, 0.2) is 12.1 Å². The average molecular weight is 226 g/mol. The first-order valence-electron chi connectivity index (χ1n) is 4.79. The van der Waals surface area contributed by atoms with Crippen molar-refractivity contribution in [1.29, 1.82) is 0 Å². The predicted octanol–water partition coefficient (Wildman–Crippen LogP) is 1.60. The van der Waals surface area contributed by atoms with E-state index in [-0.39, 0.29) is 17.9 Å². The fourth-order valence-electron chi connectivity index (χ4n) is 1.57. The zero-order chi connectivity index (χ0) is 11.9. The molecular formula is C11H11FO4. The number of esters is 1. The van der Waals surface area contributed by atoms with Gasteiger partial charge in [0.15, 0.2) is 0 Å². The summed E-state index contributed by atoms with van der Waals surface area (Å²) in [5, 5.41) is 9.09. The van der Waals surface area contributed by atoms with Gasteiger partial charge in [-0.1, -0.05) is 6.07 Å². The van der Waals surface area contributed by atoms with Crippen LogP contribution >= 0.6 is 0 Å². The Morgan fingerprint density at radius 1 is 1.38 bits per heavy atom. The Hall–Kier alpha value is -1.62. The highest BCUT2D eigenvalue weighted by Gasteiger charge is 2.37. The van der Waals surface area contributed by atoms with Crippen LogP contribution in [0, 0.1) is 5.82 Å². The second-order valence-electron chi connectivity index (χ2n) is 3.96. The van der Waals surface area contributed by atoms with Gasteiger partial charge in [-0.25, -0.2) is 9.18 Å². The van der Waals surface area contributed by atoms with Crippen molar-refractivity contribution in [1.82, 2.24) is 0 Å². The van der Waals surface area contributed by atoms with E-state index in [2.05, 4.69) is 0 Å². The SMILES string of the molecule is CC1(C)OC(=O)c2c(F)ccc(CO)c2O1. The maximum absolute atomic E-state index is 13.4. The first-order chi connectivity index (χ1) is 7.44. The summed E-state index contributed by atoms with van der Waals surface area (Å²) < 4.78 is 23.7. The Labute approximate surface area is 91.6 Å². The highest BCUT2D eigenvalue weighted by atomic mass is 19.1. The number of benzene rings is 1. The van der Waals surface area contributed by atoms with Gasteiger partial charge in [-0.2, -0.15) is 0 Å². The zero-order valence-corrected chi connectivity index (χ0v) is 8.91. The summed E-state index contributed by atoms with van der Waals surface area (Å²) >= 11 is 0. The van der Waals surface area contributed by atoms with Gasteiger partial charge in [0.2, 0.25) is 5.79 Å². The molecule has 0 saturated carbocycles. The molecule has 0 aliphatic carbocycles. The smallest absolute Gasteiger partial charge is 0.348 e. The van der Waals surface area contributed by atoms with E-state index in [1.807, 2.05) is 0 Å².